The Bertz CT molecular complexity index is 680. The van der Waals surface area contributed by atoms with Gasteiger partial charge in [0.05, 0.1) is 6.07 Å². The number of likely N-dealkylation sites (tertiary alicyclic amines) is 1. The molecule has 0 bridgehead atoms. The molecule has 0 radical (unpaired) electrons. The van der Waals surface area contributed by atoms with Gasteiger partial charge in [-0.05, 0) is 6.42 Å². The van der Waals surface area contributed by atoms with Crippen LogP contribution in [-0.4, -0.2) is 35.5 Å². The Balaban J connectivity index is 1.83. The summed E-state index contributed by atoms with van der Waals surface area (Å²) >= 11 is 0. The third kappa shape index (κ3) is 4.91. The first-order valence-electron chi connectivity index (χ1n) is 8.48. The third-order valence-electron chi connectivity index (χ3n) is 4.61. The fourth-order valence-electron chi connectivity index (χ4n) is 3.00. The topological polar surface area (TPSA) is 99.2 Å². The maximum absolute atomic E-state index is 14.1. The van der Waals surface area contributed by atoms with Crippen molar-refractivity contribution in [1.82, 2.24) is 10.2 Å². The number of hydrogen-bond donors (Lipinski definition) is 2. The van der Waals surface area contributed by atoms with Crippen LogP contribution in [0.1, 0.15) is 37.7 Å². The van der Waals surface area contributed by atoms with Crippen LogP contribution in [0.25, 0.3) is 0 Å². The van der Waals surface area contributed by atoms with E-state index in [1.54, 1.807) is 18.2 Å². The first-order chi connectivity index (χ1) is 12.3. The van der Waals surface area contributed by atoms with E-state index in [0.717, 1.165) is 0 Å². The number of alkyl halides is 2. The molecular formula is C18H22F2N4O2. The Morgan fingerprint density at radius 2 is 1.88 bits per heavy atom. The van der Waals surface area contributed by atoms with E-state index in [1.165, 1.54) is 17.0 Å². The second-order valence-electron chi connectivity index (χ2n) is 6.49. The average molecular weight is 364 g/mol. The van der Waals surface area contributed by atoms with Crippen molar-refractivity contribution in [3.8, 4) is 6.07 Å². The van der Waals surface area contributed by atoms with E-state index >= 15 is 0 Å². The second kappa shape index (κ2) is 8.13. The van der Waals surface area contributed by atoms with Crippen molar-refractivity contribution < 1.29 is 18.4 Å². The number of halogens is 2. The molecule has 1 heterocycles. The van der Waals surface area contributed by atoms with Crippen molar-refractivity contribution in [3.05, 3.63) is 35.9 Å². The quantitative estimate of drug-likeness (QED) is 0.811. The molecule has 0 atom stereocenters. The Kier molecular flexibility index (Phi) is 6.14. The van der Waals surface area contributed by atoms with Gasteiger partial charge in [-0.1, -0.05) is 30.3 Å². The van der Waals surface area contributed by atoms with Gasteiger partial charge in [0, 0.05) is 44.3 Å². The van der Waals surface area contributed by atoms with Gasteiger partial charge in [0.25, 0.3) is 5.92 Å². The highest BCUT2D eigenvalue weighted by molar-refractivity contribution is 5.77. The van der Waals surface area contributed by atoms with E-state index in [0.29, 0.717) is 0 Å². The van der Waals surface area contributed by atoms with Gasteiger partial charge < -0.3 is 16.0 Å². The van der Waals surface area contributed by atoms with Crippen LogP contribution < -0.4 is 11.1 Å². The number of benzene rings is 1. The zero-order chi connectivity index (χ0) is 19.2. The van der Waals surface area contributed by atoms with Gasteiger partial charge in [-0.2, -0.15) is 5.26 Å². The number of nitrogens with one attached hydrogen (secondary N) is 1. The molecule has 0 spiro atoms. The van der Waals surface area contributed by atoms with E-state index in [2.05, 4.69) is 11.4 Å². The smallest absolute Gasteiger partial charge is 0.314 e. The minimum atomic E-state index is -3.00. The summed E-state index contributed by atoms with van der Waals surface area (Å²) in [5.74, 6) is -3.44. The summed E-state index contributed by atoms with van der Waals surface area (Å²) in [4.78, 5) is 24.6. The molecule has 140 valence electrons. The van der Waals surface area contributed by atoms with Crippen LogP contribution in [0, 0.1) is 11.3 Å². The molecule has 26 heavy (non-hydrogen) atoms. The van der Waals surface area contributed by atoms with E-state index in [9.17, 15) is 23.6 Å². The summed E-state index contributed by atoms with van der Waals surface area (Å²) in [6.45, 7) is 0.546. The lowest BCUT2D eigenvalue weighted by molar-refractivity contribution is -0.123. The Morgan fingerprint density at radius 1 is 1.27 bits per heavy atom. The van der Waals surface area contributed by atoms with Crippen LogP contribution in [0.4, 0.5) is 13.6 Å². The monoisotopic (exact) mass is 364 g/mol. The van der Waals surface area contributed by atoms with Crippen molar-refractivity contribution in [1.29, 1.82) is 5.26 Å². The highest BCUT2D eigenvalue weighted by atomic mass is 19.3. The number of piperidine rings is 1. The number of primary amides is 1. The largest absolute Gasteiger partial charge is 0.351 e. The standard InChI is InChI=1S/C18H22F2N4O2/c19-18(20,14-5-2-1-3-6-14)8-4-7-15(25)23-17(13-21)9-11-24(12-10-17)16(22)26/h1-3,5-6H,4,7-12H2,(H2,22,26)(H,23,25). The zero-order valence-electron chi connectivity index (χ0n) is 14.4. The van der Waals surface area contributed by atoms with Crippen molar-refractivity contribution in [2.24, 2.45) is 5.73 Å². The fraction of sp³-hybridized carbons (Fsp3) is 0.500. The van der Waals surface area contributed by atoms with Crippen LogP contribution in [0.15, 0.2) is 30.3 Å². The Morgan fingerprint density at radius 3 is 2.42 bits per heavy atom. The molecule has 1 fully saturated rings. The van der Waals surface area contributed by atoms with Gasteiger partial charge in [0.15, 0.2) is 0 Å². The molecule has 2 rings (SSSR count). The van der Waals surface area contributed by atoms with Gasteiger partial charge in [0.2, 0.25) is 5.91 Å². The summed E-state index contributed by atoms with van der Waals surface area (Å²) in [6, 6.07) is 8.99. The van der Waals surface area contributed by atoms with Gasteiger partial charge in [-0.3, -0.25) is 4.79 Å². The number of rotatable bonds is 6. The molecule has 0 aliphatic carbocycles. The van der Waals surface area contributed by atoms with Crippen LogP contribution in [0.5, 0.6) is 0 Å². The third-order valence-corrected chi connectivity index (χ3v) is 4.61. The predicted molar refractivity (Wildman–Crippen MR) is 91.1 cm³/mol. The van der Waals surface area contributed by atoms with Crippen LogP contribution in [0.3, 0.4) is 0 Å². The number of carbonyl (C=O) groups excluding carboxylic acids is 2. The molecule has 1 saturated heterocycles. The van der Waals surface area contributed by atoms with Crippen molar-refractivity contribution in [2.45, 2.75) is 43.6 Å². The lowest BCUT2D eigenvalue weighted by atomic mass is 9.88. The summed E-state index contributed by atoms with van der Waals surface area (Å²) in [6.07, 6.45) is -0.00974. The molecule has 8 heteroatoms. The van der Waals surface area contributed by atoms with E-state index in [-0.39, 0.29) is 44.3 Å². The van der Waals surface area contributed by atoms with Crippen LogP contribution in [-0.2, 0) is 10.7 Å². The first kappa shape index (κ1) is 19.6. The molecule has 0 unspecified atom stereocenters. The summed E-state index contributed by atoms with van der Waals surface area (Å²) in [5.41, 5.74) is 4.04. The van der Waals surface area contributed by atoms with Gasteiger partial charge in [-0.15, -0.1) is 0 Å². The molecule has 3 N–H and O–H groups in total. The Labute approximate surface area is 151 Å². The molecule has 6 nitrogen and oxygen atoms in total. The predicted octanol–water partition coefficient (Wildman–Crippen LogP) is 2.50. The van der Waals surface area contributed by atoms with Gasteiger partial charge >= 0.3 is 6.03 Å². The molecule has 1 aromatic rings. The van der Waals surface area contributed by atoms with Crippen LogP contribution in [0.2, 0.25) is 0 Å². The number of urea groups is 1. The maximum atomic E-state index is 14.1. The Hall–Kier alpha value is -2.69. The lowest BCUT2D eigenvalue weighted by Gasteiger charge is -2.37. The minimum Gasteiger partial charge on any atom is -0.351 e. The normalized spacial score (nSPS) is 16.6. The summed E-state index contributed by atoms with van der Waals surface area (Å²) in [5, 5.41) is 12.0. The first-order valence-corrected chi connectivity index (χ1v) is 8.48. The van der Waals surface area contributed by atoms with Gasteiger partial charge in [0.1, 0.15) is 5.54 Å². The highest BCUT2D eigenvalue weighted by Gasteiger charge is 2.37. The molecule has 0 aromatic heterocycles. The zero-order valence-corrected chi connectivity index (χ0v) is 14.4. The number of nitrogens with two attached hydrogens (primary N) is 1. The molecule has 1 aliphatic heterocycles. The number of hydrogen-bond acceptors (Lipinski definition) is 3. The molecule has 3 amide bonds. The maximum Gasteiger partial charge on any atom is 0.314 e. The number of amides is 3. The fourth-order valence-corrected chi connectivity index (χ4v) is 3.00. The molecular weight excluding hydrogens is 342 g/mol. The lowest BCUT2D eigenvalue weighted by Crippen LogP contribution is -2.56. The van der Waals surface area contributed by atoms with Crippen molar-refractivity contribution >= 4 is 11.9 Å². The van der Waals surface area contributed by atoms with E-state index in [4.69, 9.17) is 5.73 Å². The van der Waals surface area contributed by atoms with Crippen molar-refractivity contribution in [3.63, 3.8) is 0 Å². The summed E-state index contributed by atoms with van der Waals surface area (Å²) < 4.78 is 28.2. The average Bonchev–Trinajstić information content (AvgIpc) is 2.62. The number of nitrogens with zero attached hydrogens (tertiary/aromatic N) is 2. The van der Waals surface area contributed by atoms with Crippen molar-refractivity contribution in [2.75, 3.05) is 13.1 Å². The molecule has 0 saturated carbocycles. The number of carbonyl (C=O) groups is 2. The molecule has 1 aromatic carbocycles. The second-order valence-corrected chi connectivity index (χ2v) is 6.49. The highest BCUT2D eigenvalue weighted by Crippen LogP contribution is 2.33. The van der Waals surface area contributed by atoms with Gasteiger partial charge in [-0.25, -0.2) is 13.6 Å². The van der Waals surface area contributed by atoms with E-state index < -0.39 is 29.8 Å². The minimum absolute atomic E-state index is 0.00263. The van der Waals surface area contributed by atoms with E-state index in [1.807, 2.05) is 0 Å². The van der Waals surface area contributed by atoms with Crippen LogP contribution >= 0.6 is 0 Å². The summed E-state index contributed by atoms with van der Waals surface area (Å²) in [7, 11) is 0. The SMILES string of the molecule is N#CC1(NC(=O)CCCC(F)(F)c2ccccc2)CCN(C(N)=O)CC1. The molecule has 1 aliphatic rings. The number of nitriles is 1.